The zero-order chi connectivity index (χ0) is 15.3. The minimum Gasteiger partial charge on any atom is -0.298 e. The van der Waals surface area contributed by atoms with Crippen LogP contribution in [0.5, 0.6) is 0 Å². The van der Waals surface area contributed by atoms with E-state index in [0.717, 1.165) is 41.6 Å². The molecule has 6 nitrogen and oxygen atoms in total. The van der Waals surface area contributed by atoms with Crippen molar-refractivity contribution in [3.63, 3.8) is 0 Å². The fraction of sp³-hybridized carbons (Fsp3) is 0.286. The molecule has 1 atom stereocenters. The molecule has 0 saturated carbocycles. The molecule has 0 aliphatic heterocycles. The van der Waals surface area contributed by atoms with Gasteiger partial charge in [0.05, 0.1) is 11.8 Å². The van der Waals surface area contributed by atoms with Gasteiger partial charge in [0.1, 0.15) is 6.33 Å². The molecule has 8 heteroatoms. The Hall–Kier alpha value is -2.35. The van der Waals surface area contributed by atoms with Gasteiger partial charge >= 0.3 is 0 Å². The largest absolute Gasteiger partial charge is 0.298 e. The quantitative estimate of drug-likeness (QED) is 0.788. The molecule has 0 radical (unpaired) electrons. The maximum Gasteiger partial charge on any atom is 0.261 e. The molecule has 112 valence electrons. The van der Waals surface area contributed by atoms with Crippen LogP contribution in [0.3, 0.4) is 0 Å². The summed E-state index contributed by atoms with van der Waals surface area (Å²) < 4.78 is 14.9. The minimum atomic E-state index is -0.439. The van der Waals surface area contributed by atoms with Crippen LogP contribution >= 0.6 is 11.3 Å². The zero-order valence-corrected chi connectivity index (χ0v) is 12.5. The highest BCUT2D eigenvalue weighted by molar-refractivity contribution is 7.14. The van der Waals surface area contributed by atoms with E-state index in [1.54, 1.807) is 6.33 Å². The van der Waals surface area contributed by atoms with Gasteiger partial charge < -0.3 is 0 Å². The predicted molar refractivity (Wildman–Crippen MR) is 79.7 cm³/mol. The number of hydrogen-bond acceptors (Lipinski definition) is 5. The monoisotopic (exact) mass is 317 g/mol. The van der Waals surface area contributed by atoms with Gasteiger partial charge in [0.25, 0.3) is 5.91 Å². The third kappa shape index (κ3) is 1.98. The number of carbonyl (C=O) groups excluding carboxylic acids is 1. The van der Waals surface area contributed by atoms with Crippen molar-refractivity contribution in [1.82, 2.24) is 19.6 Å². The molecular formula is C14H12FN5OS. The molecule has 22 heavy (non-hydrogen) atoms. The van der Waals surface area contributed by atoms with E-state index in [-0.39, 0.29) is 11.0 Å². The lowest BCUT2D eigenvalue weighted by Crippen LogP contribution is -2.15. The maximum atomic E-state index is 13.0. The number of aromatic nitrogens is 4. The highest BCUT2D eigenvalue weighted by Gasteiger charge is 2.26. The van der Waals surface area contributed by atoms with E-state index < -0.39 is 5.13 Å². The fourth-order valence-electron chi connectivity index (χ4n) is 2.90. The maximum absolute atomic E-state index is 13.0. The number of anilines is 1. The van der Waals surface area contributed by atoms with Gasteiger partial charge in [0.15, 0.2) is 15.9 Å². The second kappa shape index (κ2) is 4.84. The van der Waals surface area contributed by atoms with Gasteiger partial charge in [-0.25, -0.2) is 4.98 Å². The lowest BCUT2D eigenvalue weighted by molar-refractivity contribution is 0.102. The summed E-state index contributed by atoms with van der Waals surface area (Å²) in [6.07, 6.45) is 4.71. The van der Waals surface area contributed by atoms with E-state index in [9.17, 15) is 9.18 Å². The highest BCUT2D eigenvalue weighted by atomic mass is 32.1. The molecule has 0 spiro atoms. The summed E-state index contributed by atoms with van der Waals surface area (Å²) in [5, 5.41) is 10.4. The Labute approximate surface area is 129 Å². The van der Waals surface area contributed by atoms with Crippen molar-refractivity contribution in [1.29, 1.82) is 0 Å². The van der Waals surface area contributed by atoms with Crippen LogP contribution in [-0.2, 0) is 6.42 Å². The molecule has 3 aromatic heterocycles. The number of halogens is 1. The second-order valence-electron chi connectivity index (χ2n) is 5.35. The Balaban J connectivity index is 1.79. The lowest BCUT2D eigenvalue weighted by atomic mass is 10.0. The first-order valence-electron chi connectivity index (χ1n) is 6.91. The Morgan fingerprint density at radius 2 is 2.41 bits per heavy atom. The molecule has 0 unspecified atom stereocenters. The van der Waals surface area contributed by atoms with Crippen LogP contribution in [0.1, 0.15) is 40.9 Å². The van der Waals surface area contributed by atoms with E-state index in [0.29, 0.717) is 17.1 Å². The second-order valence-corrected chi connectivity index (χ2v) is 6.33. The van der Waals surface area contributed by atoms with Crippen molar-refractivity contribution in [2.75, 3.05) is 5.32 Å². The number of amides is 1. The van der Waals surface area contributed by atoms with Crippen molar-refractivity contribution in [2.24, 2.45) is 0 Å². The van der Waals surface area contributed by atoms with Crippen LogP contribution < -0.4 is 5.32 Å². The fourth-order valence-corrected chi connectivity index (χ4v) is 3.44. The lowest BCUT2D eigenvalue weighted by Gasteiger charge is -2.10. The first-order chi connectivity index (χ1) is 10.6. The number of carbonyl (C=O) groups is 1. The third-order valence-corrected chi connectivity index (χ3v) is 4.70. The molecule has 4 rings (SSSR count). The number of nitrogens with zero attached hydrogens (tertiary/aromatic N) is 4. The van der Waals surface area contributed by atoms with Gasteiger partial charge in [0, 0.05) is 5.69 Å². The molecule has 3 heterocycles. The van der Waals surface area contributed by atoms with E-state index in [1.165, 1.54) is 0 Å². The van der Waals surface area contributed by atoms with Gasteiger partial charge in [-0.1, -0.05) is 18.3 Å². The van der Waals surface area contributed by atoms with Crippen LogP contribution in [-0.4, -0.2) is 25.5 Å². The molecule has 3 aromatic rings. The highest BCUT2D eigenvalue weighted by Crippen LogP contribution is 2.34. The number of nitrogens with one attached hydrogen (secondary N) is 1. The molecule has 0 fully saturated rings. The Bertz CT molecular complexity index is 887. The molecule has 1 N–H and O–H groups in total. The smallest absolute Gasteiger partial charge is 0.261 e. The summed E-state index contributed by atoms with van der Waals surface area (Å²) in [6.45, 7) is 2.14. The Morgan fingerprint density at radius 1 is 1.55 bits per heavy atom. The van der Waals surface area contributed by atoms with Gasteiger partial charge in [-0.15, -0.1) is 10.2 Å². The van der Waals surface area contributed by atoms with Gasteiger partial charge in [-0.2, -0.15) is 4.39 Å². The topological polar surface area (TPSA) is 72.2 Å². The number of aryl methyl sites for hydroxylation is 1. The summed E-state index contributed by atoms with van der Waals surface area (Å²) in [7, 11) is 0. The van der Waals surface area contributed by atoms with Crippen molar-refractivity contribution in [3.8, 4) is 0 Å². The van der Waals surface area contributed by atoms with Crippen LogP contribution in [0.4, 0.5) is 9.52 Å². The van der Waals surface area contributed by atoms with E-state index >= 15 is 0 Å². The van der Waals surface area contributed by atoms with Crippen molar-refractivity contribution < 1.29 is 9.18 Å². The van der Waals surface area contributed by atoms with Crippen molar-refractivity contribution in [2.45, 2.75) is 25.7 Å². The van der Waals surface area contributed by atoms with Crippen LogP contribution in [0.15, 0.2) is 18.6 Å². The van der Waals surface area contributed by atoms with Crippen molar-refractivity contribution in [3.05, 3.63) is 40.5 Å². The SMILES string of the molecule is C[C@@H]1CCc2c1cc(C(=O)Nc1ncc(F)s1)c1nncn21. The normalized spacial score (nSPS) is 16.9. The molecule has 1 aliphatic carbocycles. The van der Waals surface area contributed by atoms with Gasteiger partial charge in [0.2, 0.25) is 0 Å². The summed E-state index contributed by atoms with van der Waals surface area (Å²) in [5.41, 5.74) is 3.25. The molecule has 0 saturated heterocycles. The van der Waals surface area contributed by atoms with Crippen LogP contribution in [0, 0.1) is 5.13 Å². The molecule has 1 amide bonds. The first kappa shape index (κ1) is 13.3. The average Bonchev–Trinajstić information content (AvgIpc) is 3.19. The summed E-state index contributed by atoms with van der Waals surface area (Å²) >= 11 is 0.792. The molecule has 0 bridgehead atoms. The number of thiazole rings is 1. The number of rotatable bonds is 2. The van der Waals surface area contributed by atoms with Crippen LogP contribution in [0.2, 0.25) is 0 Å². The third-order valence-electron chi connectivity index (χ3n) is 4.00. The van der Waals surface area contributed by atoms with E-state index in [2.05, 4.69) is 27.4 Å². The molecule has 0 aromatic carbocycles. The Kier molecular flexibility index (Phi) is 2.93. The zero-order valence-electron chi connectivity index (χ0n) is 11.7. The Morgan fingerprint density at radius 3 is 3.18 bits per heavy atom. The van der Waals surface area contributed by atoms with Crippen LogP contribution in [0.25, 0.3) is 5.65 Å². The summed E-state index contributed by atoms with van der Waals surface area (Å²) in [4.78, 5) is 16.3. The number of fused-ring (bicyclic) bond motifs is 3. The van der Waals surface area contributed by atoms with Gasteiger partial charge in [-0.05, 0) is 30.4 Å². The summed E-state index contributed by atoms with van der Waals surface area (Å²) in [5.74, 6) is 0.0416. The minimum absolute atomic E-state index is 0.230. The summed E-state index contributed by atoms with van der Waals surface area (Å²) in [6, 6.07) is 1.87. The van der Waals surface area contributed by atoms with Gasteiger partial charge in [-0.3, -0.25) is 14.5 Å². The van der Waals surface area contributed by atoms with E-state index in [1.807, 2.05) is 10.5 Å². The standard InChI is InChI=1S/C14H12FN5OS/c1-7-2-3-10-8(7)4-9(12-19-17-6-20(10)12)13(21)18-14-16-5-11(15)22-14/h4-7H,2-3H2,1H3,(H,16,18,21)/t7-/m1/s1. The first-order valence-corrected chi connectivity index (χ1v) is 7.73. The molecular weight excluding hydrogens is 305 g/mol. The molecule has 1 aliphatic rings. The average molecular weight is 317 g/mol. The predicted octanol–water partition coefficient (Wildman–Crippen LogP) is 2.63. The van der Waals surface area contributed by atoms with Crippen molar-refractivity contribution >= 4 is 28.0 Å². The number of hydrogen-bond donors (Lipinski definition) is 1. The van der Waals surface area contributed by atoms with E-state index in [4.69, 9.17) is 0 Å². The number of pyridine rings is 1.